The van der Waals surface area contributed by atoms with Crippen LogP contribution in [-0.4, -0.2) is 45.8 Å². The van der Waals surface area contributed by atoms with Crippen molar-refractivity contribution in [2.24, 2.45) is 0 Å². The number of hydrogen-bond acceptors (Lipinski definition) is 3. The number of fused-ring (bicyclic) bond motifs is 1. The topological polar surface area (TPSA) is 78.1 Å². The van der Waals surface area contributed by atoms with E-state index in [9.17, 15) is 9.59 Å². The molecule has 1 aliphatic rings. The van der Waals surface area contributed by atoms with Crippen LogP contribution in [0, 0.1) is 6.92 Å². The molecule has 2 heterocycles. The molecular formula is C17H22N4O2. The Bertz CT molecular complexity index is 737. The van der Waals surface area contributed by atoms with Crippen molar-refractivity contribution in [3.63, 3.8) is 0 Å². The minimum absolute atomic E-state index is 0.0144. The van der Waals surface area contributed by atoms with Crippen LogP contribution in [-0.2, 0) is 16.0 Å². The van der Waals surface area contributed by atoms with E-state index in [1.807, 2.05) is 32.0 Å². The zero-order valence-corrected chi connectivity index (χ0v) is 13.6. The van der Waals surface area contributed by atoms with Crippen molar-refractivity contribution in [1.29, 1.82) is 0 Å². The van der Waals surface area contributed by atoms with Gasteiger partial charge >= 0.3 is 0 Å². The maximum atomic E-state index is 12.5. The number of rotatable bonds is 3. The van der Waals surface area contributed by atoms with Crippen molar-refractivity contribution in [2.75, 3.05) is 13.1 Å². The van der Waals surface area contributed by atoms with Gasteiger partial charge in [-0.3, -0.25) is 9.59 Å². The molecule has 2 N–H and O–H groups in total. The zero-order valence-electron chi connectivity index (χ0n) is 13.6. The fourth-order valence-corrected chi connectivity index (χ4v) is 3.07. The van der Waals surface area contributed by atoms with Crippen LogP contribution in [0.25, 0.3) is 11.0 Å². The van der Waals surface area contributed by atoms with Gasteiger partial charge in [-0.15, -0.1) is 0 Å². The third kappa shape index (κ3) is 3.36. The Hall–Kier alpha value is -2.37. The summed E-state index contributed by atoms with van der Waals surface area (Å²) in [7, 11) is 0. The second kappa shape index (κ2) is 6.40. The molecule has 1 unspecified atom stereocenters. The second-order valence-corrected chi connectivity index (χ2v) is 6.14. The maximum absolute atomic E-state index is 12.5. The summed E-state index contributed by atoms with van der Waals surface area (Å²) in [6, 6.07) is 5.96. The van der Waals surface area contributed by atoms with Crippen LogP contribution >= 0.6 is 0 Å². The van der Waals surface area contributed by atoms with Gasteiger partial charge in [0.05, 0.1) is 11.0 Å². The highest BCUT2D eigenvalue weighted by molar-refractivity contribution is 5.81. The highest BCUT2D eigenvalue weighted by Gasteiger charge is 2.24. The molecule has 2 amide bonds. The second-order valence-electron chi connectivity index (χ2n) is 6.14. The van der Waals surface area contributed by atoms with Crippen LogP contribution in [0.5, 0.6) is 0 Å². The number of aromatic amines is 1. The summed E-state index contributed by atoms with van der Waals surface area (Å²) in [5, 5.41) is 2.81. The minimum atomic E-state index is -0.0529. The summed E-state index contributed by atoms with van der Waals surface area (Å²) in [4.78, 5) is 33.6. The van der Waals surface area contributed by atoms with Gasteiger partial charge in [-0.25, -0.2) is 4.98 Å². The number of para-hydroxylation sites is 1. The first-order valence-electron chi connectivity index (χ1n) is 8.05. The monoisotopic (exact) mass is 314 g/mol. The first-order chi connectivity index (χ1) is 11.0. The highest BCUT2D eigenvalue weighted by atomic mass is 16.2. The average Bonchev–Trinajstić information content (AvgIpc) is 2.85. The van der Waals surface area contributed by atoms with Crippen LogP contribution < -0.4 is 5.32 Å². The van der Waals surface area contributed by atoms with E-state index in [1.165, 1.54) is 0 Å². The number of aryl methyl sites for hydroxylation is 2. The van der Waals surface area contributed by atoms with Gasteiger partial charge in [0.15, 0.2) is 0 Å². The van der Waals surface area contributed by atoms with E-state index in [0.717, 1.165) is 22.4 Å². The quantitative estimate of drug-likeness (QED) is 0.902. The number of H-pyrrole nitrogens is 1. The van der Waals surface area contributed by atoms with Gasteiger partial charge in [0.2, 0.25) is 11.8 Å². The standard InChI is InChI=1S/C17H22N4O2/c1-11-4-3-5-13-17(11)20-14(19-13)6-7-16(23)21-9-8-18-15(22)10-12(21)2/h3-5,12H,6-10H2,1-2H3,(H,18,22)(H,19,20). The molecule has 0 saturated carbocycles. The molecule has 1 aromatic carbocycles. The molecule has 0 spiro atoms. The van der Waals surface area contributed by atoms with E-state index < -0.39 is 0 Å². The summed E-state index contributed by atoms with van der Waals surface area (Å²) < 4.78 is 0. The lowest BCUT2D eigenvalue weighted by atomic mass is 10.1. The molecule has 122 valence electrons. The van der Waals surface area contributed by atoms with Crippen molar-refractivity contribution in [2.45, 2.75) is 39.2 Å². The van der Waals surface area contributed by atoms with Crippen LogP contribution in [0.4, 0.5) is 0 Å². The van der Waals surface area contributed by atoms with E-state index in [4.69, 9.17) is 0 Å². The summed E-state index contributed by atoms with van der Waals surface area (Å²) in [6.07, 6.45) is 1.35. The van der Waals surface area contributed by atoms with E-state index >= 15 is 0 Å². The van der Waals surface area contributed by atoms with Crippen molar-refractivity contribution >= 4 is 22.8 Å². The molecule has 3 rings (SSSR count). The number of aromatic nitrogens is 2. The van der Waals surface area contributed by atoms with Crippen molar-refractivity contribution in [1.82, 2.24) is 20.2 Å². The van der Waals surface area contributed by atoms with Crippen molar-refractivity contribution in [3.8, 4) is 0 Å². The Labute approximate surface area is 135 Å². The lowest BCUT2D eigenvalue weighted by molar-refractivity contribution is -0.133. The van der Waals surface area contributed by atoms with Crippen LogP contribution in [0.2, 0.25) is 0 Å². The summed E-state index contributed by atoms with van der Waals surface area (Å²) in [5.41, 5.74) is 3.10. The van der Waals surface area contributed by atoms with Crippen molar-refractivity contribution in [3.05, 3.63) is 29.6 Å². The molecule has 0 aliphatic carbocycles. The van der Waals surface area contributed by atoms with Crippen molar-refractivity contribution < 1.29 is 9.59 Å². The van der Waals surface area contributed by atoms with E-state index in [2.05, 4.69) is 15.3 Å². The minimum Gasteiger partial charge on any atom is -0.354 e. The van der Waals surface area contributed by atoms with Crippen LogP contribution in [0.15, 0.2) is 18.2 Å². The Balaban J connectivity index is 1.65. The molecule has 6 nitrogen and oxygen atoms in total. The van der Waals surface area contributed by atoms with E-state index in [-0.39, 0.29) is 17.9 Å². The molecule has 0 radical (unpaired) electrons. The molecule has 1 saturated heterocycles. The van der Waals surface area contributed by atoms with Gasteiger partial charge in [-0.2, -0.15) is 0 Å². The number of carbonyl (C=O) groups excluding carboxylic acids is 2. The first-order valence-corrected chi connectivity index (χ1v) is 8.05. The lowest BCUT2D eigenvalue weighted by Crippen LogP contribution is -2.39. The Kier molecular flexibility index (Phi) is 4.32. The Morgan fingerprint density at radius 1 is 1.43 bits per heavy atom. The largest absolute Gasteiger partial charge is 0.354 e. The molecule has 1 aliphatic heterocycles. The highest BCUT2D eigenvalue weighted by Crippen LogP contribution is 2.17. The van der Waals surface area contributed by atoms with Gasteiger partial charge in [0.1, 0.15) is 5.82 Å². The number of benzene rings is 1. The average molecular weight is 314 g/mol. The lowest BCUT2D eigenvalue weighted by Gasteiger charge is -2.26. The Morgan fingerprint density at radius 2 is 2.26 bits per heavy atom. The number of hydrogen-bond donors (Lipinski definition) is 2. The number of nitrogens with one attached hydrogen (secondary N) is 2. The number of carbonyl (C=O) groups is 2. The molecule has 1 fully saturated rings. The summed E-state index contributed by atoms with van der Waals surface area (Å²) in [5.74, 6) is 0.922. The van der Waals surface area contributed by atoms with Gasteiger partial charge in [0.25, 0.3) is 0 Å². The molecule has 6 heteroatoms. The molecular weight excluding hydrogens is 292 g/mol. The van der Waals surface area contributed by atoms with Crippen LogP contribution in [0.3, 0.4) is 0 Å². The predicted octanol–water partition coefficient (Wildman–Crippen LogP) is 1.54. The first kappa shape index (κ1) is 15.5. The van der Waals surface area contributed by atoms with Gasteiger partial charge in [-0.1, -0.05) is 12.1 Å². The predicted molar refractivity (Wildman–Crippen MR) is 88.0 cm³/mol. The third-order valence-corrected chi connectivity index (χ3v) is 4.35. The van der Waals surface area contributed by atoms with E-state index in [1.54, 1.807) is 4.90 Å². The SMILES string of the molecule is Cc1cccc2[nH]c(CCC(=O)N3CCNC(=O)CC3C)nc12. The van der Waals surface area contributed by atoms with Gasteiger partial charge in [-0.05, 0) is 25.5 Å². The molecule has 1 atom stereocenters. The zero-order chi connectivity index (χ0) is 16.4. The normalized spacial score (nSPS) is 18.8. The summed E-state index contributed by atoms with van der Waals surface area (Å²) >= 11 is 0. The fraction of sp³-hybridized carbons (Fsp3) is 0.471. The number of imidazole rings is 1. The summed E-state index contributed by atoms with van der Waals surface area (Å²) in [6.45, 7) is 5.05. The fourth-order valence-electron chi connectivity index (χ4n) is 3.07. The molecule has 23 heavy (non-hydrogen) atoms. The Morgan fingerprint density at radius 3 is 3.04 bits per heavy atom. The smallest absolute Gasteiger partial charge is 0.223 e. The molecule has 0 bridgehead atoms. The van der Waals surface area contributed by atoms with Gasteiger partial charge < -0.3 is 15.2 Å². The molecule has 2 aromatic rings. The third-order valence-electron chi connectivity index (χ3n) is 4.35. The maximum Gasteiger partial charge on any atom is 0.223 e. The number of nitrogens with zero attached hydrogens (tertiary/aromatic N) is 2. The van der Waals surface area contributed by atoms with Gasteiger partial charge in [0, 0.05) is 38.4 Å². The van der Waals surface area contributed by atoms with Crippen LogP contribution in [0.1, 0.15) is 31.2 Å². The van der Waals surface area contributed by atoms with E-state index in [0.29, 0.717) is 32.4 Å². The molecule has 1 aromatic heterocycles. The number of amides is 2.